The highest BCUT2D eigenvalue weighted by Crippen LogP contribution is 2.24. The third-order valence-corrected chi connectivity index (χ3v) is 3.19. The fourth-order valence-electron chi connectivity index (χ4n) is 1.78. The van der Waals surface area contributed by atoms with Crippen LogP contribution in [0.1, 0.15) is 5.76 Å². The van der Waals surface area contributed by atoms with E-state index in [1.807, 2.05) is 36.4 Å². The van der Waals surface area contributed by atoms with Crippen LogP contribution in [0.5, 0.6) is 0 Å². The lowest BCUT2D eigenvalue weighted by molar-refractivity contribution is 0.485. The molecule has 2 N–H and O–H groups in total. The Bertz CT molecular complexity index is 687. The van der Waals surface area contributed by atoms with Crippen molar-refractivity contribution in [2.75, 3.05) is 5.73 Å². The van der Waals surface area contributed by atoms with Gasteiger partial charge < -0.3 is 10.2 Å². The van der Waals surface area contributed by atoms with Crippen molar-refractivity contribution in [2.24, 2.45) is 0 Å². The summed E-state index contributed by atoms with van der Waals surface area (Å²) in [5, 5.41) is 7.61. The molecule has 6 heteroatoms. The normalized spacial score (nSPS) is 10.8. The Hall–Kier alpha value is -2.08. The summed E-state index contributed by atoms with van der Waals surface area (Å²) in [6, 6.07) is 11.8. The number of anilines is 1. The third kappa shape index (κ3) is 2.68. The van der Waals surface area contributed by atoms with E-state index < -0.39 is 0 Å². The zero-order valence-corrected chi connectivity index (χ0v) is 11.5. The monoisotopic (exact) mass is 318 g/mol. The largest absolute Gasteiger partial charge is 0.459 e. The molecular weight excluding hydrogens is 308 g/mol. The molecule has 3 aromatic rings. The molecule has 2 heterocycles. The van der Waals surface area contributed by atoms with Gasteiger partial charge in [-0.3, -0.25) is 0 Å². The number of furan rings is 1. The number of nitrogen functional groups attached to an aromatic ring is 1. The van der Waals surface area contributed by atoms with Gasteiger partial charge in [0.15, 0.2) is 5.82 Å². The maximum absolute atomic E-state index is 5.78. The van der Waals surface area contributed by atoms with Gasteiger partial charge in [-0.25, -0.2) is 4.68 Å². The Kier molecular flexibility index (Phi) is 3.08. The van der Waals surface area contributed by atoms with Crippen LogP contribution in [0, 0.1) is 0 Å². The van der Waals surface area contributed by atoms with Gasteiger partial charge in [-0.05, 0) is 24.3 Å². The van der Waals surface area contributed by atoms with E-state index in [0.717, 1.165) is 21.6 Å². The number of rotatable bonds is 3. The van der Waals surface area contributed by atoms with Crippen LogP contribution in [0.15, 0.2) is 51.5 Å². The molecule has 0 amide bonds. The Morgan fingerprint density at radius 3 is 2.63 bits per heavy atom. The highest BCUT2D eigenvalue weighted by atomic mass is 79.9. The van der Waals surface area contributed by atoms with Crippen LogP contribution in [0.3, 0.4) is 0 Å². The van der Waals surface area contributed by atoms with E-state index in [4.69, 9.17) is 10.2 Å². The third-order valence-electron chi connectivity index (χ3n) is 2.66. The van der Waals surface area contributed by atoms with E-state index in [1.54, 1.807) is 10.9 Å². The molecule has 0 radical (unpaired) electrons. The average Bonchev–Trinajstić information content (AvgIpc) is 3.00. The molecule has 1 aromatic carbocycles. The maximum Gasteiger partial charge on any atom is 0.165 e. The van der Waals surface area contributed by atoms with Crippen LogP contribution >= 0.6 is 15.9 Å². The molecule has 0 aliphatic rings. The SMILES string of the molecule is Nc1cn(Cc2ccc(-c3ccc(Br)cc3)o2)nn1. The van der Waals surface area contributed by atoms with Crippen molar-refractivity contribution in [3.63, 3.8) is 0 Å². The Morgan fingerprint density at radius 2 is 1.95 bits per heavy atom. The minimum atomic E-state index is 0.402. The summed E-state index contributed by atoms with van der Waals surface area (Å²) in [6.07, 6.45) is 1.67. The van der Waals surface area contributed by atoms with Crippen molar-refractivity contribution in [2.45, 2.75) is 6.54 Å². The molecule has 0 unspecified atom stereocenters. The van der Waals surface area contributed by atoms with Gasteiger partial charge in [0, 0.05) is 10.0 Å². The predicted molar refractivity (Wildman–Crippen MR) is 75.4 cm³/mol. The fourth-order valence-corrected chi connectivity index (χ4v) is 2.05. The summed E-state index contributed by atoms with van der Waals surface area (Å²) < 4.78 is 8.46. The first-order valence-corrected chi connectivity index (χ1v) is 6.50. The highest BCUT2D eigenvalue weighted by molar-refractivity contribution is 9.10. The Morgan fingerprint density at radius 1 is 1.16 bits per heavy atom. The number of nitrogens with zero attached hydrogens (tertiary/aromatic N) is 3. The summed E-state index contributed by atoms with van der Waals surface area (Å²) in [5.74, 6) is 2.04. The number of aromatic nitrogens is 3. The van der Waals surface area contributed by atoms with Crippen molar-refractivity contribution < 1.29 is 4.42 Å². The second kappa shape index (κ2) is 4.89. The minimum absolute atomic E-state index is 0.402. The van der Waals surface area contributed by atoms with Crippen molar-refractivity contribution >= 4 is 21.7 Å². The van der Waals surface area contributed by atoms with Crippen LogP contribution in [-0.4, -0.2) is 15.0 Å². The molecule has 2 aromatic heterocycles. The topological polar surface area (TPSA) is 69.9 Å². The molecule has 0 atom stereocenters. The number of halogens is 1. The molecule has 0 bridgehead atoms. The van der Waals surface area contributed by atoms with Gasteiger partial charge in [-0.2, -0.15) is 0 Å². The van der Waals surface area contributed by atoms with Gasteiger partial charge in [0.1, 0.15) is 18.1 Å². The van der Waals surface area contributed by atoms with E-state index in [2.05, 4.69) is 26.2 Å². The molecule has 0 saturated carbocycles. The molecule has 3 rings (SSSR count). The summed E-state index contributed by atoms with van der Waals surface area (Å²) in [6.45, 7) is 0.515. The zero-order valence-electron chi connectivity index (χ0n) is 9.95. The van der Waals surface area contributed by atoms with Crippen LogP contribution in [0.2, 0.25) is 0 Å². The maximum atomic E-state index is 5.78. The quantitative estimate of drug-likeness (QED) is 0.806. The van der Waals surface area contributed by atoms with E-state index in [1.165, 1.54) is 0 Å². The number of nitrogens with two attached hydrogens (primary N) is 1. The van der Waals surface area contributed by atoms with Crippen LogP contribution < -0.4 is 5.73 Å². The van der Waals surface area contributed by atoms with Crippen LogP contribution in [0.4, 0.5) is 5.82 Å². The number of benzene rings is 1. The van der Waals surface area contributed by atoms with Crippen molar-refractivity contribution in [1.29, 1.82) is 0 Å². The summed E-state index contributed by atoms with van der Waals surface area (Å²) >= 11 is 3.41. The number of hydrogen-bond donors (Lipinski definition) is 1. The summed E-state index contributed by atoms with van der Waals surface area (Å²) in [7, 11) is 0. The first-order valence-electron chi connectivity index (χ1n) is 5.71. The average molecular weight is 319 g/mol. The van der Waals surface area contributed by atoms with Gasteiger partial charge in [0.05, 0.1) is 6.20 Å². The number of hydrogen-bond acceptors (Lipinski definition) is 4. The molecule has 19 heavy (non-hydrogen) atoms. The molecule has 96 valence electrons. The van der Waals surface area contributed by atoms with E-state index >= 15 is 0 Å². The molecule has 0 aliphatic carbocycles. The van der Waals surface area contributed by atoms with Gasteiger partial charge >= 0.3 is 0 Å². The first-order chi connectivity index (χ1) is 9.20. The second-order valence-electron chi connectivity index (χ2n) is 4.11. The van der Waals surface area contributed by atoms with Crippen LogP contribution in [0.25, 0.3) is 11.3 Å². The van der Waals surface area contributed by atoms with Gasteiger partial charge in [0.2, 0.25) is 0 Å². The molecule has 0 spiro atoms. The van der Waals surface area contributed by atoms with Gasteiger partial charge in [-0.1, -0.05) is 33.3 Å². The standard InChI is InChI=1S/C13H11BrN4O/c14-10-3-1-9(2-4-10)12-6-5-11(19-12)7-18-8-13(15)16-17-18/h1-6,8H,7,15H2. The minimum Gasteiger partial charge on any atom is -0.459 e. The summed E-state index contributed by atoms with van der Waals surface area (Å²) in [5.41, 5.74) is 6.55. The van der Waals surface area contributed by atoms with Crippen molar-refractivity contribution in [1.82, 2.24) is 15.0 Å². The van der Waals surface area contributed by atoms with E-state index in [0.29, 0.717) is 12.4 Å². The smallest absolute Gasteiger partial charge is 0.165 e. The molecular formula is C13H11BrN4O. The molecule has 0 fully saturated rings. The Labute approximate surface area is 118 Å². The van der Waals surface area contributed by atoms with Crippen LogP contribution in [-0.2, 0) is 6.54 Å². The van der Waals surface area contributed by atoms with Gasteiger partial charge in [0.25, 0.3) is 0 Å². The Balaban J connectivity index is 1.81. The fraction of sp³-hybridized carbons (Fsp3) is 0.0769. The van der Waals surface area contributed by atoms with Crippen molar-refractivity contribution in [3.8, 4) is 11.3 Å². The van der Waals surface area contributed by atoms with Gasteiger partial charge in [-0.15, -0.1) is 5.10 Å². The lowest BCUT2D eigenvalue weighted by Crippen LogP contribution is -1.98. The predicted octanol–water partition coefficient (Wildman–Crippen LogP) is 2.93. The lowest BCUT2D eigenvalue weighted by Gasteiger charge is -1.98. The lowest BCUT2D eigenvalue weighted by atomic mass is 10.2. The highest BCUT2D eigenvalue weighted by Gasteiger charge is 2.06. The zero-order chi connectivity index (χ0) is 13.2. The second-order valence-corrected chi connectivity index (χ2v) is 5.03. The van der Waals surface area contributed by atoms with E-state index in [9.17, 15) is 0 Å². The summed E-state index contributed by atoms with van der Waals surface area (Å²) in [4.78, 5) is 0. The first kappa shape index (κ1) is 12.0. The van der Waals surface area contributed by atoms with E-state index in [-0.39, 0.29) is 0 Å². The molecule has 0 saturated heterocycles. The van der Waals surface area contributed by atoms with Crippen molar-refractivity contribution in [3.05, 3.63) is 52.8 Å². The molecule has 5 nitrogen and oxygen atoms in total. The molecule has 0 aliphatic heterocycles.